The Balaban J connectivity index is 2.03. The molecular formula is C16H20N2O4. The van der Waals surface area contributed by atoms with Gasteiger partial charge in [-0.05, 0) is 43.5 Å². The average Bonchev–Trinajstić information content (AvgIpc) is 2.79. The minimum absolute atomic E-state index is 0.0432. The number of hydrogen-bond donors (Lipinski definition) is 2. The van der Waals surface area contributed by atoms with Crippen molar-refractivity contribution in [2.75, 3.05) is 18.0 Å². The zero-order valence-corrected chi connectivity index (χ0v) is 12.8. The number of carboxylic acids is 1. The lowest BCUT2D eigenvalue weighted by Crippen LogP contribution is -2.37. The van der Waals surface area contributed by atoms with E-state index >= 15 is 0 Å². The van der Waals surface area contributed by atoms with E-state index in [1.807, 2.05) is 32.0 Å². The van der Waals surface area contributed by atoms with Crippen molar-refractivity contribution < 1.29 is 19.5 Å². The first kappa shape index (κ1) is 16.0. The first-order chi connectivity index (χ1) is 10.4. The van der Waals surface area contributed by atoms with Crippen LogP contribution in [-0.2, 0) is 14.4 Å². The Kier molecular flexibility index (Phi) is 4.80. The number of nitrogens with one attached hydrogen (secondary N) is 1. The van der Waals surface area contributed by atoms with Crippen LogP contribution in [0.3, 0.4) is 0 Å². The molecule has 6 heteroatoms. The Morgan fingerprint density at radius 1 is 1.27 bits per heavy atom. The largest absolute Gasteiger partial charge is 0.481 e. The highest BCUT2D eigenvalue weighted by molar-refractivity contribution is 6.09. The van der Waals surface area contributed by atoms with E-state index in [4.69, 9.17) is 5.11 Å². The second-order valence-electron chi connectivity index (χ2n) is 5.61. The van der Waals surface area contributed by atoms with Crippen LogP contribution in [0, 0.1) is 19.8 Å². The van der Waals surface area contributed by atoms with Crippen LogP contribution in [0.1, 0.15) is 24.0 Å². The Morgan fingerprint density at radius 3 is 2.50 bits per heavy atom. The molecule has 1 atom stereocenters. The van der Waals surface area contributed by atoms with Crippen molar-refractivity contribution in [2.24, 2.45) is 5.92 Å². The number of aliphatic carboxylic acids is 1. The number of nitrogens with zero attached hydrogens (tertiary/aromatic N) is 1. The Hall–Kier alpha value is -2.37. The number of rotatable bonds is 5. The van der Waals surface area contributed by atoms with Gasteiger partial charge < -0.3 is 15.3 Å². The highest BCUT2D eigenvalue weighted by Crippen LogP contribution is 2.27. The topological polar surface area (TPSA) is 86.7 Å². The fourth-order valence-electron chi connectivity index (χ4n) is 2.70. The molecule has 1 aromatic rings. The van der Waals surface area contributed by atoms with E-state index in [0.29, 0.717) is 13.0 Å². The number of amides is 2. The van der Waals surface area contributed by atoms with E-state index in [2.05, 4.69) is 5.32 Å². The van der Waals surface area contributed by atoms with Gasteiger partial charge in [0.05, 0.1) is 6.42 Å². The number of carbonyl (C=O) groups excluding carboxylic acids is 2. The number of aryl methyl sites for hydroxylation is 2. The molecule has 1 aliphatic rings. The van der Waals surface area contributed by atoms with Crippen LogP contribution in [0.4, 0.5) is 5.69 Å². The second kappa shape index (κ2) is 6.60. The number of hydrogen-bond acceptors (Lipinski definition) is 3. The minimum atomic E-state index is -0.977. The summed E-state index contributed by atoms with van der Waals surface area (Å²) in [6.07, 6.45) is 0.304. The van der Waals surface area contributed by atoms with E-state index in [1.54, 1.807) is 4.90 Å². The lowest BCUT2D eigenvalue weighted by atomic mass is 10.1. The van der Waals surface area contributed by atoms with Gasteiger partial charge in [-0.15, -0.1) is 0 Å². The van der Waals surface area contributed by atoms with E-state index in [9.17, 15) is 14.4 Å². The van der Waals surface area contributed by atoms with Gasteiger partial charge >= 0.3 is 5.97 Å². The maximum absolute atomic E-state index is 12.4. The third-order valence-corrected chi connectivity index (χ3v) is 3.68. The number of carbonyl (C=O) groups is 3. The molecule has 0 aromatic heterocycles. The van der Waals surface area contributed by atoms with Crippen molar-refractivity contribution in [1.29, 1.82) is 0 Å². The van der Waals surface area contributed by atoms with Gasteiger partial charge in [0, 0.05) is 18.8 Å². The summed E-state index contributed by atoms with van der Waals surface area (Å²) in [7, 11) is 0. The van der Waals surface area contributed by atoms with Gasteiger partial charge in [0.15, 0.2) is 0 Å². The third kappa shape index (κ3) is 3.63. The highest BCUT2D eigenvalue weighted by atomic mass is 16.4. The number of anilines is 1. The predicted molar refractivity (Wildman–Crippen MR) is 81.6 cm³/mol. The Bertz CT molecular complexity index is 592. The summed E-state index contributed by atoms with van der Waals surface area (Å²) in [5.74, 6) is -2.32. The van der Waals surface area contributed by atoms with E-state index in [1.165, 1.54) is 0 Å². The van der Waals surface area contributed by atoms with Crippen molar-refractivity contribution in [2.45, 2.75) is 26.7 Å². The fourth-order valence-corrected chi connectivity index (χ4v) is 2.70. The molecule has 0 aliphatic carbocycles. The quantitative estimate of drug-likeness (QED) is 0.802. The van der Waals surface area contributed by atoms with E-state index < -0.39 is 17.8 Å². The summed E-state index contributed by atoms with van der Waals surface area (Å²) >= 11 is 0. The zero-order valence-electron chi connectivity index (χ0n) is 12.8. The molecule has 1 aromatic carbocycles. The van der Waals surface area contributed by atoms with Crippen molar-refractivity contribution in [3.63, 3.8) is 0 Å². The van der Waals surface area contributed by atoms with Crippen molar-refractivity contribution in [1.82, 2.24) is 5.32 Å². The molecule has 1 heterocycles. The summed E-state index contributed by atoms with van der Waals surface area (Å²) in [6.45, 7) is 4.47. The average molecular weight is 304 g/mol. The van der Waals surface area contributed by atoms with Gasteiger partial charge in [-0.1, -0.05) is 6.07 Å². The Morgan fingerprint density at radius 2 is 1.91 bits per heavy atom. The summed E-state index contributed by atoms with van der Waals surface area (Å²) in [6, 6.07) is 5.88. The summed E-state index contributed by atoms with van der Waals surface area (Å²) < 4.78 is 0. The molecule has 1 fully saturated rings. The molecule has 22 heavy (non-hydrogen) atoms. The van der Waals surface area contributed by atoms with Gasteiger partial charge in [0.1, 0.15) is 5.92 Å². The molecule has 6 nitrogen and oxygen atoms in total. The van der Waals surface area contributed by atoms with Gasteiger partial charge in [0.25, 0.3) is 0 Å². The molecule has 0 bridgehead atoms. The normalized spacial score (nSPS) is 17.6. The molecule has 0 radical (unpaired) electrons. The first-order valence-electron chi connectivity index (χ1n) is 7.27. The van der Waals surface area contributed by atoms with Crippen LogP contribution in [0.2, 0.25) is 0 Å². The zero-order chi connectivity index (χ0) is 16.3. The first-order valence-corrected chi connectivity index (χ1v) is 7.27. The molecule has 118 valence electrons. The van der Waals surface area contributed by atoms with Crippen LogP contribution >= 0.6 is 0 Å². The van der Waals surface area contributed by atoms with Crippen LogP contribution in [-0.4, -0.2) is 36.0 Å². The van der Waals surface area contributed by atoms with Gasteiger partial charge in [-0.2, -0.15) is 0 Å². The number of carboxylic acid groups (broad SMARTS) is 1. The standard InChI is InChI=1S/C16H20N2O4/c1-10-7-11(2)9-12(8-10)18-6-4-13(16(18)22)15(21)17-5-3-14(19)20/h7-9,13H,3-6H2,1-2H3,(H,17,21)(H,19,20)/t13-/m1/s1. The maximum atomic E-state index is 12.4. The predicted octanol–water partition coefficient (Wildman–Crippen LogP) is 1.25. The third-order valence-electron chi connectivity index (χ3n) is 3.68. The smallest absolute Gasteiger partial charge is 0.305 e. The Labute approximate surface area is 129 Å². The fraction of sp³-hybridized carbons (Fsp3) is 0.438. The molecule has 2 amide bonds. The molecule has 0 spiro atoms. The minimum Gasteiger partial charge on any atom is -0.481 e. The lowest BCUT2D eigenvalue weighted by molar-refractivity contribution is -0.137. The molecule has 0 unspecified atom stereocenters. The lowest BCUT2D eigenvalue weighted by Gasteiger charge is -2.18. The summed E-state index contributed by atoms with van der Waals surface area (Å²) in [4.78, 5) is 36.5. The molecule has 0 saturated carbocycles. The molecule has 1 aliphatic heterocycles. The van der Waals surface area contributed by atoms with Crippen molar-refractivity contribution in [3.05, 3.63) is 29.3 Å². The monoisotopic (exact) mass is 304 g/mol. The van der Waals surface area contributed by atoms with Crippen molar-refractivity contribution >= 4 is 23.5 Å². The van der Waals surface area contributed by atoms with Crippen LogP contribution in [0.15, 0.2) is 18.2 Å². The van der Waals surface area contributed by atoms with Crippen molar-refractivity contribution in [3.8, 4) is 0 Å². The highest BCUT2D eigenvalue weighted by Gasteiger charge is 2.37. The molecular weight excluding hydrogens is 284 g/mol. The van der Waals surface area contributed by atoms with E-state index in [-0.39, 0.29) is 18.9 Å². The number of benzene rings is 1. The van der Waals surface area contributed by atoms with E-state index in [0.717, 1.165) is 16.8 Å². The summed E-state index contributed by atoms with van der Waals surface area (Å²) in [5, 5.41) is 11.1. The van der Waals surface area contributed by atoms with Crippen LogP contribution in [0.5, 0.6) is 0 Å². The van der Waals surface area contributed by atoms with Crippen LogP contribution in [0.25, 0.3) is 0 Å². The molecule has 2 rings (SSSR count). The SMILES string of the molecule is Cc1cc(C)cc(N2CC[C@H](C(=O)NCCC(=O)O)C2=O)c1. The molecule has 1 saturated heterocycles. The van der Waals surface area contributed by atoms with Crippen LogP contribution < -0.4 is 10.2 Å². The van der Waals surface area contributed by atoms with Gasteiger partial charge in [0.2, 0.25) is 11.8 Å². The van der Waals surface area contributed by atoms with Gasteiger partial charge in [-0.3, -0.25) is 14.4 Å². The summed E-state index contributed by atoms with van der Waals surface area (Å²) in [5.41, 5.74) is 2.94. The maximum Gasteiger partial charge on any atom is 0.305 e. The molecule has 2 N–H and O–H groups in total. The van der Waals surface area contributed by atoms with Gasteiger partial charge in [-0.25, -0.2) is 0 Å². The second-order valence-corrected chi connectivity index (χ2v) is 5.61.